The lowest BCUT2D eigenvalue weighted by molar-refractivity contribution is 0.0268. The van der Waals surface area contributed by atoms with Gasteiger partial charge >= 0.3 is 5.97 Å². The smallest absolute Gasteiger partial charge is 0.339 e. The van der Waals surface area contributed by atoms with Gasteiger partial charge in [0.05, 0.1) is 10.6 Å². The number of halogens is 2. The molecule has 0 saturated carbocycles. The maximum Gasteiger partial charge on any atom is 0.339 e. The van der Waals surface area contributed by atoms with Crippen molar-refractivity contribution in [2.75, 3.05) is 13.6 Å². The minimum absolute atomic E-state index is 0.247. The molecule has 1 atom stereocenters. The molecular weight excluding hydrogens is 333 g/mol. The number of nitrogens with zero attached hydrogens (tertiary/aromatic N) is 1. The van der Waals surface area contributed by atoms with Gasteiger partial charge in [-0.1, -0.05) is 53.5 Å². The molecule has 122 valence electrons. The topological polar surface area (TPSA) is 29.5 Å². The normalized spacial score (nSPS) is 12.2. The van der Waals surface area contributed by atoms with Crippen LogP contribution < -0.4 is 0 Å². The van der Waals surface area contributed by atoms with Crippen LogP contribution in [0, 0.1) is 0 Å². The zero-order valence-electron chi connectivity index (χ0n) is 13.1. The van der Waals surface area contributed by atoms with Crippen molar-refractivity contribution in [3.8, 4) is 0 Å². The lowest BCUT2D eigenvalue weighted by Crippen LogP contribution is -2.30. The molecule has 0 bridgehead atoms. The fourth-order valence-electron chi connectivity index (χ4n) is 2.34. The molecular formula is C18H19Cl2NO2. The molecule has 0 heterocycles. The summed E-state index contributed by atoms with van der Waals surface area (Å²) in [5.41, 5.74) is 1.54. The van der Waals surface area contributed by atoms with E-state index >= 15 is 0 Å². The average molecular weight is 352 g/mol. The highest BCUT2D eigenvalue weighted by molar-refractivity contribution is 6.36. The van der Waals surface area contributed by atoms with Crippen molar-refractivity contribution in [2.45, 2.75) is 19.6 Å². The summed E-state index contributed by atoms with van der Waals surface area (Å²) < 4.78 is 5.46. The lowest BCUT2D eigenvalue weighted by Gasteiger charge is -2.21. The van der Waals surface area contributed by atoms with Crippen molar-refractivity contribution in [2.24, 2.45) is 0 Å². The van der Waals surface area contributed by atoms with Crippen LogP contribution in [0.3, 0.4) is 0 Å². The summed E-state index contributed by atoms with van der Waals surface area (Å²) in [5.74, 6) is -0.438. The second-order valence-corrected chi connectivity index (χ2v) is 6.37. The van der Waals surface area contributed by atoms with Gasteiger partial charge in [-0.3, -0.25) is 4.90 Å². The maximum absolute atomic E-state index is 12.2. The first-order valence-corrected chi connectivity index (χ1v) is 8.10. The Hall–Kier alpha value is -1.55. The first-order valence-electron chi connectivity index (χ1n) is 7.34. The van der Waals surface area contributed by atoms with E-state index in [4.69, 9.17) is 27.9 Å². The summed E-state index contributed by atoms with van der Waals surface area (Å²) >= 11 is 11.9. The molecule has 0 N–H and O–H groups in total. The number of likely N-dealkylation sites (N-methyl/N-ethyl adjacent to an activating group) is 1. The van der Waals surface area contributed by atoms with Crippen molar-refractivity contribution in [1.82, 2.24) is 4.90 Å². The van der Waals surface area contributed by atoms with Crippen LogP contribution in [0.15, 0.2) is 48.5 Å². The van der Waals surface area contributed by atoms with Crippen molar-refractivity contribution in [3.63, 3.8) is 0 Å². The van der Waals surface area contributed by atoms with Gasteiger partial charge in [-0.25, -0.2) is 4.79 Å². The molecule has 0 aromatic heterocycles. The molecule has 3 nitrogen and oxygen atoms in total. The molecule has 0 saturated heterocycles. The van der Waals surface area contributed by atoms with E-state index in [-0.39, 0.29) is 6.10 Å². The molecule has 0 aliphatic carbocycles. The van der Waals surface area contributed by atoms with Gasteiger partial charge in [0.2, 0.25) is 0 Å². The number of hydrogen-bond acceptors (Lipinski definition) is 3. The molecule has 0 spiro atoms. The van der Waals surface area contributed by atoms with Crippen molar-refractivity contribution in [3.05, 3.63) is 69.7 Å². The number of hydrogen-bond donors (Lipinski definition) is 0. The van der Waals surface area contributed by atoms with Crippen LogP contribution in [0.1, 0.15) is 22.8 Å². The summed E-state index contributed by atoms with van der Waals surface area (Å²) in [6.45, 7) is 3.29. The van der Waals surface area contributed by atoms with Crippen LogP contribution in [0.5, 0.6) is 0 Å². The van der Waals surface area contributed by atoms with Gasteiger partial charge in [0.1, 0.15) is 6.10 Å². The van der Waals surface area contributed by atoms with E-state index < -0.39 is 5.97 Å². The second kappa shape index (κ2) is 8.34. The average Bonchev–Trinajstić information content (AvgIpc) is 2.47. The Balaban J connectivity index is 1.88. The number of ether oxygens (including phenoxy) is 1. The number of benzene rings is 2. The highest BCUT2D eigenvalue weighted by atomic mass is 35.5. The minimum atomic E-state index is -0.438. The van der Waals surface area contributed by atoms with Crippen LogP contribution in [0.2, 0.25) is 10.0 Å². The minimum Gasteiger partial charge on any atom is -0.458 e. The third-order valence-corrected chi connectivity index (χ3v) is 3.87. The van der Waals surface area contributed by atoms with Gasteiger partial charge in [0, 0.05) is 18.1 Å². The third-order valence-electron chi connectivity index (χ3n) is 3.32. The van der Waals surface area contributed by atoms with Gasteiger partial charge in [0.15, 0.2) is 0 Å². The van der Waals surface area contributed by atoms with Crippen LogP contribution in [0.4, 0.5) is 0 Å². The molecule has 0 unspecified atom stereocenters. The molecule has 2 rings (SSSR count). The Bertz CT molecular complexity index is 661. The molecule has 23 heavy (non-hydrogen) atoms. The second-order valence-electron chi connectivity index (χ2n) is 5.52. The van der Waals surface area contributed by atoms with E-state index in [9.17, 15) is 4.79 Å². The summed E-state index contributed by atoms with van der Waals surface area (Å²) in [4.78, 5) is 14.3. The largest absolute Gasteiger partial charge is 0.458 e. The highest BCUT2D eigenvalue weighted by Crippen LogP contribution is 2.22. The van der Waals surface area contributed by atoms with Gasteiger partial charge < -0.3 is 4.74 Å². The molecule has 0 aliphatic rings. The van der Waals surface area contributed by atoms with Gasteiger partial charge in [-0.15, -0.1) is 0 Å². The molecule has 5 heteroatoms. The number of carbonyl (C=O) groups is 1. The lowest BCUT2D eigenvalue weighted by atomic mass is 10.2. The standard InChI is InChI=1S/C18H19Cl2NO2/c1-13(11-21(2)12-14-6-4-3-5-7-14)23-18(22)16-9-8-15(19)10-17(16)20/h3-10,13H,11-12H2,1-2H3/t13-/m0/s1. The Morgan fingerprint density at radius 2 is 1.87 bits per heavy atom. The fraction of sp³-hybridized carbons (Fsp3) is 0.278. The molecule has 0 aliphatic heterocycles. The Kier molecular flexibility index (Phi) is 6.46. The molecule has 2 aromatic carbocycles. The van der Waals surface area contributed by atoms with E-state index in [2.05, 4.69) is 17.0 Å². The number of rotatable bonds is 6. The number of carbonyl (C=O) groups excluding carboxylic acids is 1. The van der Waals surface area contributed by atoms with Gasteiger partial charge in [0.25, 0.3) is 0 Å². The molecule has 2 aromatic rings. The van der Waals surface area contributed by atoms with Crippen molar-refractivity contribution >= 4 is 29.2 Å². The quantitative estimate of drug-likeness (QED) is 0.708. The maximum atomic E-state index is 12.2. The Labute approximate surface area is 146 Å². The van der Waals surface area contributed by atoms with Gasteiger partial charge in [-0.05, 0) is 37.7 Å². The summed E-state index contributed by atoms with van der Waals surface area (Å²) in [6.07, 6.45) is -0.247. The molecule has 0 amide bonds. The molecule has 0 fully saturated rings. The first kappa shape index (κ1) is 17.8. The monoisotopic (exact) mass is 351 g/mol. The Morgan fingerprint density at radius 3 is 2.52 bits per heavy atom. The molecule has 0 radical (unpaired) electrons. The van der Waals surface area contributed by atoms with Crippen molar-refractivity contribution < 1.29 is 9.53 Å². The predicted octanol–water partition coefficient (Wildman–Crippen LogP) is 4.67. The van der Waals surface area contributed by atoms with E-state index in [1.54, 1.807) is 12.1 Å². The van der Waals surface area contributed by atoms with Crippen LogP contribution in [-0.2, 0) is 11.3 Å². The van der Waals surface area contributed by atoms with E-state index in [1.165, 1.54) is 11.6 Å². The van der Waals surface area contributed by atoms with Gasteiger partial charge in [-0.2, -0.15) is 0 Å². The van der Waals surface area contributed by atoms with Crippen LogP contribution >= 0.6 is 23.2 Å². The number of esters is 1. The Morgan fingerprint density at radius 1 is 1.17 bits per heavy atom. The zero-order chi connectivity index (χ0) is 16.8. The van der Waals surface area contributed by atoms with E-state index in [0.717, 1.165) is 6.54 Å². The van der Waals surface area contributed by atoms with Crippen LogP contribution in [0.25, 0.3) is 0 Å². The fourth-order valence-corrected chi connectivity index (χ4v) is 2.82. The van der Waals surface area contributed by atoms with E-state index in [0.29, 0.717) is 22.2 Å². The summed E-state index contributed by atoms with van der Waals surface area (Å²) in [5, 5.41) is 0.787. The predicted molar refractivity (Wildman–Crippen MR) is 94.1 cm³/mol. The SMILES string of the molecule is C[C@@H](CN(C)Cc1ccccc1)OC(=O)c1ccc(Cl)cc1Cl. The summed E-state index contributed by atoms with van der Waals surface area (Å²) in [6, 6.07) is 14.9. The zero-order valence-corrected chi connectivity index (χ0v) is 14.6. The van der Waals surface area contributed by atoms with Crippen LogP contribution in [-0.4, -0.2) is 30.6 Å². The summed E-state index contributed by atoms with van der Waals surface area (Å²) in [7, 11) is 1.99. The van der Waals surface area contributed by atoms with Crippen molar-refractivity contribution in [1.29, 1.82) is 0 Å². The van der Waals surface area contributed by atoms with E-state index in [1.807, 2.05) is 32.2 Å². The first-order chi connectivity index (χ1) is 11.0. The third kappa shape index (κ3) is 5.54. The highest BCUT2D eigenvalue weighted by Gasteiger charge is 2.16.